The van der Waals surface area contributed by atoms with E-state index in [0.717, 1.165) is 19.1 Å². The topological polar surface area (TPSA) is 101 Å². The molecule has 0 aliphatic heterocycles. The SMILES string of the molecule is CC(C)(CCN)CCC(=O)NCCNS(C)(=O)=O. The average Bonchev–Trinajstić information content (AvgIpc) is 2.20. The van der Waals surface area contributed by atoms with E-state index in [2.05, 4.69) is 23.9 Å². The summed E-state index contributed by atoms with van der Waals surface area (Å²) in [6, 6.07) is 0. The highest BCUT2D eigenvalue weighted by molar-refractivity contribution is 7.88. The minimum absolute atomic E-state index is 0.0598. The van der Waals surface area contributed by atoms with Gasteiger partial charge < -0.3 is 11.1 Å². The van der Waals surface area contributed by atoms with Crippen LogP contribution in [-0.4, -0.2) is 40.2 Å². The number of carbonyl (C=O) groups excluding carboxylic acids is 1. The predicted molar refractivity (Wildman–Crippen MR) is 72.5 cm³/mol. The Balaban J connectivity index is 3.73. The first-order chi connectivity index (χ1) is 8.16. The quantitative estimate of drug-likeness (QED) is 0.509. The molecule has 0 aliphatic carbocycles. The van der Waals surface area contributed by atoms with Gasteiger partial charge in [-0.15, -0.1) is 0 Å². The Bertz CT molecular complexity index is 353. The van der Waals surface area contributed by atoms with Gasteiger partial charge in [-0.2, -0.15) is 0 Å². The van der Waals surface area contributed by atoms with E-state index in [1.807, 2.05) is 0 Å². The molecule has 0 heterocycles. The fourth-order valence-electron chi connectivity index (χ4n) is 1.49. The maximum absolute atomic E-state index is 11.5. The molecule has 1 amide bonds. The Morgan fingerprint density at radius 3 is 2.33 bits per heavy atom. The van der Waals surface area contributed by atoms with Gasteiger partial charge in [0, 0.05) is 19.5 Å². The first kappa shape index (κ1) is 17.3. The van der Waals surface area contributed by atoms with Crippen LogP contribution in [0, 0.1) is 5.41 Å². The lowest BCUT2D eigenvalue weighted by Gasteiger charge is -2.23. The van der Waals surface area contributed by atoms with Gasteiger partial charge in [0.1, 0.15) is 0 Å². The molecule has 18 heavy (non-hydrogen) atoms. The highest BCUT2D eigenvalue weighted by Crippen LogP contribution is 2.25. The molecular weight excluding hydrogens is 254 g/mol. The first-order valence-corrected chi connectivity index (χ1v) is 7.97. The molecule has 0 saturated heterocycles. The lowest BCUT2D eigenvalue weighted by molar-refractivity contribution is -0.121. The summed E-state index contributed by atoms with van der Waals surface area (Å²) in [5.74, 6) is -0.0598. The molecular formula is C11H25N3O3S. The van der Waals surface area contributed by atoms with Gasteiger partial charge >= 0.3 is 0 Å². The van der Waals surface area contributed by atoms with E-state index in [-0.39, 0.29) is 17.9 Å². The molecule has 4 N–H and O–H groups in total. The lowest BCUT2D eigenvalue weighted by Crippen LogP contribution is -2.34. The van der Waals surface area contributed by atoms with Crippen molar-refractivity contribution in [2.45, 2.75) is 33.1 Å². The van der Waals surface area contributed by atoms with Crippen LogP contribution in [0.25, 0.3) is 0 Å². The summed E-state index contributed by atoms with van der Waals surface area (Å²) in [6.45, 7) is 5.31. The van der Waals surface area contributed by atoms with Crippen molar-refractivity contribution in [1.29, 1.82) is 0 Å². The zero-order valence-corrected chi connectivity index (χ0v) is 12.3. The Morgan fingerprint density at radius 2 is 1.83 bits per heavy atom. The Kier molecular flexibility index (Phi) is 7.42. The molecule has 0 aromatic carbocycles. The molecule has 0 saturated carbocycles. The van der Waals surface area contributed by atoms with Gasteiger partial charge in [0.25, 0.3) is 0 Å². The van der Waals surface area contributed by atoms with E-state index in [1.165, 1.54) is 0 Å². The van der Waals surface area contributed by atoms with Crippen LogP contribution >= 0.6 is 0 Å². The minimum atomic E-state index is -3.18. The molecule has 0 fully saturated rings. The second-order valence-corrected chi connectivity index (χ2v) is 7.05. The number of carbonyl (C=O) groups is 1. The fraction of sp³-hybridized carbons (Fsp3) is 0.909. The van der Waals surface area contributed by atoms with Crippen molar-refractivity contribution in [3.05, 3.63) is 0 Å². The highest BCUT2D eigenvalue weighted by Gasteiger charge is 2.18. The predicted octanol–water partition coefficient (Wildman–Crippen LogP) is -0.193. The van der Waals surface area contributed by atoms with E-state index in [9.17, 15) is 13.2 Å². The van der Waals surface area contributed by atoms with Crippen molar-refractivity contribution in [3.63, 3.8) is 0 Å². The van der Waals surface area contributed by atoms with Crippen molar-refractivity contribution in [1.82, 2.24) is 10.0 Å². The van der Waals surface area contributed by atoms with Gasteiger partial charge in [0.05, 0.1) is 6.26 Å². The normalized spacial score (nSPS) is 12.4. The third-order valence-corrected chi connectivity index (χ3v) is 3.39. The van der Waals surface area contributed by atoms with Crippen LogP contribution in [0.1, 0.15) is 33.1 Å². The van der Waals surface area contributed by atoms with Gasteiger partial charge in [0.15, 0.2) is 0 Å². The van der Waals surface area contributed by atoms with E-state index in [0.29, 0.717) is 19.5 Å². The monoisotopic (exact) mass is 279 g/mol. The Hall–Kier alpha value is -0.660. The second-order valence-electron chi connectivity index (χ2n) is 5.22. The number of amides is 1. The Labute approximate surface area is 110 Å². The molecule has 0 bridgehead atoms. The largest absolute Gasteiger partial charge is 0.355 e. The van der Waals surface area contributed by atoms with Crippen LogP contribution < -0.4 is 15.8 Å². The van der Waals surface area contributed by atoms with Crippen molar-refractivity contribution >= 4 is 15.9 Å². The second kappa shape index (κ2) is 7.70. The molecule has 0 aromatic heterocycles. The van der Waals surface area contributed by atoms with Gasteiger partial charge in [-0.25, -0.2) is 13.1 Å². The molecule has 0 unspecified atom stereocenters. The fourth-order valence-corrected chi connectivity index (χ4v) is 1.97. The van der Waals surface area contributed by atoms with Crippen molar-refractivity contribution in [2.24, 2.45) is 11.1 Å². The van der Waals surface area contributed by atoms with E-state index in [1.54, 1.807) is 0 Å². The molecule has 0 spiro atoms. The number of hydrogen-bond acceptors (Lipinski definition) is 4. The summed E-state index contributed by atoms with van der Waals surface area (Å²) in [7, 11) is -3.18. The smallest absolute Gasteiger partial charge is 0.220 e. The molecule has 0 aliphatic rings. The maximum Gasteiger partial charge on any atom is 0.220 e. The Morgan fingerprint density at radius 1 is 1.22 bits per heavy atom. The molecule has 0 radical (unpaired) electrons. The molecule has 7 heteroatoms. The van der Waals surface area contributed by atoms with Crippen molar-refractivity contribution < 1.29 is 13.2 Å². The van der Waals surface area contributed by atoms with Crippen molar-refractivity contribution in [2.75, 3.05) is 25.9 Å². The van der Waals surface area contributed by atoms with Gasteiger partial charge in [-0.1, -0.05) is 13.8 Å². The molecule has 0 rings (SSSR count). The van der Waals surface area contributed by atoms with E-state index >= 15 is 0 Å². The molecule has 0 atom stereocenters. The van der Waals surface area contributed by atoms with Gasteiger partial charge in [-0.3, -0.25) is 4.79 Å². The van der Waals surface area contributed by atoms with Crippen LogP contribution in [0.3, 0.4) is 0 Å². The van der Waals surface area contributed by atoms with Crippen molar-refractivity contribution in [3.8, 4) is 0 Å². The van der Waals surface area contributed by atoms with Crippen LogP contribution in [0.2, 0.25) is 0 Å². The van der Waals surface area contributed by atoms with E-state index < -0.39 is 10.0 Å². The number of nitrogens with two attached hydrogens (primary N) is 1. The number of hydrogen-bond donors (Lipinski definition) is 3. The van der Waals surface area contributed by atoms with Gasteiger partial charge in [-0.05, 0) is 24.8 Å². The lowest BCUT2D eigenvalue weighted by atomic mass is 9.84. The number of nitrogens with one attached hydrogen (secondary N) is 2. The zero-order chi connectivity index (χ0) is 14.2. The van der Waals surface area contributed by atoms with Crippen LogP contribution in [-0.2, 0) is 14.8 Å². The number of sulfonamides is 1. The third-order valence-electron chi connectivity index (χ3n) is 2.66. The number of rotatable bonds is 9. The molecule has 0 aromatic rings. The summed E-state index contributed by atoms with van der Waals surface area (Å²) < 4.78 is 23.8. The first-order valence-electron chi connectivity index (χ1n) is 6.08. The van der Waals surface area contributed by atoms with Crippen LogP contribution in [0.5, 0.6) is 0 Å². The summed E-state index contributed by atoms with van der Waals surface area (Å²) in [6.07, 6.45) is 3.18. The molecule has 6 nitrogen and oxygen atoms in total. The molecule has 108 valence electrons. The highest BCUT2D eigenvalue weighted by atomic mass is 32.2. The van der Waals surface area contributed by atoms with Gasteiger partial charge in [0.2, 0.25) is 15.9 Å². The average molecular weight is 279 g/mol. The third kappa shape index (κ3) is 10.5. The summed E-state index contributed by atoms with van der Waals surface area (Å²) in [4.78, 5) is 11.5. The summed E-state index contributed by atoms with van der Waals surface area (Å²) in [5.41, 5.74) is 5.56. The standard InChI is InChI=1S/C11H25N3O3S/c1-11(2,6-7-12)5-4-10(15)13-8-9-14-18(3,16)17/h14H,4-9,12H2,1-3H3,(H,13,15). The zero-order valence-electron chi connectivity index (χ0n) is 11.5. The van der Waals surface area contributed by atoms with Crippen LogP contribution in [0.4, 0.5) is 0 Å². The van der Waals surface area contributed by atoms with Crippen LogP contribution in [0.15, 0.2) is 0 Å². The summed E-state index contributed by atoms with van der Waals surface area (Å²) >= 11 is 0. The van der Waals surface area contributed by atoms with E-state index in [4.69, 9.17) is 5.73 Å². The minimum Gasteiger partial charge on any atom is -0.355 e. The summed E-state index contributed by atoms with van der Waals surface area (Å²) in [5, 5.41) is 2.67. The maximum atomic E-state index is 11.5.